The smallest absolute Gasteiger partial charge is 0.279 e. The predicted octanol–water partition coefficient (Wildman–Crippen LogP) is 2.79. The van der Waals surface area contributed by atoms with Gasteiger partial charge < -0.3 is 10.2 Å². The summed E-state index contributed by atoms with van der Waals surface area (Å²) in [6, 6.07) is 14.4. The average molecular weight is 356 g/mol. The standard InChI is InChI=1S/C19H18FN3OS/c20-13-5-3-6-14(11-13)21-18(24)12-23-10-4-8-16(23)19-22-15-7-1-2-9-17(15)25-19/h1-3,5-7,9,11,16H,4,8,10,12H2,(H,21,24)/p+1/t16-/m1/s1. The molecule has 1 saturated heterocycles. The summed E-state index contributed by atoms with van der Waals surface area (Å²) in [7, 11) is 0. The number of hydrogen-bond donors (Lipinski definition) is 2. The van der Waals surface area contributed by atoms with Crippen LogP contribution in [0.5, 0.6) is 0 Å². The van der Waals surface area contributed by atoms with E-state index in [2.05, 4.69) is 11.4 Å². The number of carbonyl (C=O) groups excluding carboxylic acids is 1. The van der Waals surface area contributed by atoms with E-state index < -0.39 is 0 Å². The Morgan fingerprint density at radius 2 is 2.16 bits per heavy atom. The van der Waals surface area contributed by atoms with Gasteiger partial charge in [0.1, 0.15) is 11.9 Å². The van der Waals surface area contributed by atoms with Crippen LogP contribution in [0.1, 0.15) is 23.9 Å². The Bertz CT molecular complexity index is 877. The van der Waals surface area contributed by atoms with Crippen molar-refractivity contribution in [2.75, 3.05) is 18.4 Å². The molecule has 2 heterocycles. The quantitative estimate of drug-likeness (QED) is 0.755. The number of quaternary nitrogens is 1. The van der Waals surface area contributed by atoms with Gasteiger partial charge >= 0.3 is 0 Å². The van der Waals surface area contributed by atoms with Gasteiger partial charge in [-0.25, -0.2) is 9.37 Å². The molecule has 128 valence electrons. The number of rotatable bonds is 4. The molecule has 4 rings (SSSR count). The van der Waals surface area contributed by atoms with Gasteiger partial charge in [-0.05, 0) is 30.3 Å². The van der Waals surface area contributed by atoms with E-state index in [9.17, 15) is 9.18 Å². The monoisotopic (exact) mass is 356 g/mol. The first kappa shape index (κ1) is 16.2. The molecule has 0 bridgehead atoms. The van der Waals surface area contributed by atoms with Crippen LogP contribution in [0.25, 0.3) is 10.2 Å². The summed E-state index contributed by atoms with van der Waals surface area (Å²) in [6.07, 6.45) is 2.13. The van der Waals surface area contributed by atoms with Crippen molar-refractivity contribution < 1.29 is 14.1 Å². The highest BCUT2D eigenvalue weighted by atomic mass is 32.1. The summed E-state index contributed by atoms with van der Waals surface area (Å²) < 4.78 is 14.4. The summed E-state index contributed by atoms with van der Waals surface area (Å²) >= 11 is 1.72. The lowest BCUT2D eigenvalue weighted by molar-refractivity contribution is -0.910. The second kappa shape index (κ2) is 6.90. The number of amides is 1. The first-order chi connectivity index (χ1) is 12.2. The zero-order chi connectivity index (χ0) is 17.2. The highest BCUT2D eigenvalue weighted by Gasteiger charge is 2.34. The third-order valence-corrected chi connectivity index (χ3v) is 5.74. The summed E-state index contributed by atoms with van der Waals surface area (Å²) in [5.74, 6) is -0.438. The molecular weight excluding hydrogens is 337 g/mol. The molecule has 2 atom stereocenters. The van der Waals surface area contributed by atoms with E-state index in [0.717, 1.165) is 29.9 Å². The number of halogens is 1. The lowest BCUT2D eigenvalue weighted by atomic mass is 10.2. The van der Waals surface area contributed by atoms with Crippen LogP contribution < -0.4 is 10.2 Å². The number of carbonyl (C=O) groups is 1. The third kappa shape index (κ3) is 3.55. The van der Waals surface area contributed by atoms with E-state index in [4.69, 9.17) is 4.98 Å². The molecule has 1 fully saturated rings. The van der Waals surface area contributed by atoms with Crippen LogP contribution in [-0.4, -0.2) is 24.0 Å². The minimum absolute atomic E-state index is 0.0892. The molecule has 1 aliphatic heterocycles. The molecule has 1 aliphatic rings. The Hall–Kier alpha value is -2.31. The normalized spacial score (nSPS) is 20.0. The molecule has 1 amide bonds. The lowest BCUT2D eigenvalue weighted by Crippen LogP contribution is -3.11. The maximum atomic E-state index is 13.2. The fraction of sp³-hybridized carbons (Fsp3) is 0.263. The Balaban J connectivity index is 1.46. The maximum Gasteiger partial charge on any atom is 0.279 e. The number of aromatic nitrogens is 1. The van der Waals surface area contributed by atoms with Crippen molar-refractivity contribution in [3.8, 4) is 0 Å². The van der Waals surface area contributed by atoms with Crippen molar-refractivity contribution >= 4 is 33.1 Å². The van der Waals surface area contributed by atoms with Crippen molar-refractivity contribution in [1.82, 2.24) is 4.98 Å². The van der Waals surface area contributed by atoms with Gasteiger partial charge in [-0.3, -0.25) is 4.79 Å². The van der Waals surface area contributed by atoms with Crippen molar-refractivity contribution in [3.63, 3.8) is 0 Å². The average Bonchev–Trinajstić information content (AvgIpc) is 3.20. The minimum atomic E-state index is -0.348. The first-order valence-corrected chi connectivity index (χ1v) is 9.26. The van der Waals surface area contributed by atoms with E-state index >= 15 is 0 Å². The van der Waals surface area contributed by atoms with Crippen LogP contribution in [-0.2, 0) is 4.79 Å². The molecule has 1 aromatic heterocycles. The Kier molecular flexibility index (Phi) is 4.46. The van der Waals surface area contributed by atoms with Crippen molar-refractivity contribution in [3.05, 3.63) is 59.4 Å². The molecule has 6 heteroatoms. The topological polar surface area (TPSA) is 46.4 Å². The summed E-state index contributed by atoms with van der Waals surface area (Å²) in [4.78, 5) is 18.4. The van der Waals surface area contributed by atoms with Crippen LogP contribution in [0.4, 0.5) is 10.1 Å². The van der Waals surface area contributed by atoms with Crippen LogP contribution >= 0.6 is 11.3 Å². The SMILES string of the molecule is O=C(C[NH+]1CCC[C@@H]1c1nc2ccccc2s1)Nc1cccc(F)c1. The van der Waals surface area contributed by atoms with E-state index in [1.165, 1.54) is 21.7 Å². The van der Waals surface area contributed by atoms with Gasteiger partial charge in [0.2, 0.25) is 0 Å². The number of nitrogens with zero attached hydrogens (tertiary/aromatic N) is 1. The fourth-order valence-electron chi connectivity index (χ4n) is 3.44. The number of anilines is 1. The molecule has 25 heavy (non-hydrogen) atoms. The number of nitrogens with one attached hydrogen (secondary N) is 2. The van der Waals surface area contributed by atoms with Crippen LogP contribution in [0, 0.1) is 5.82 Å². The maximum absolute atomic E-state index is 13.2. The molecule has 3 aromatic rings. The number of para-hydroxylation sites is 1. The number of benzene rings is 2. The number of hydrogen-bond acceptors (Lipinski definition) is 3. The molecule has 0 spiro atoms. The van der Waals surface area contributed by atoms with Gasteiger partial charge in [0, 0.05) is 18.5 Å². The first-order valence-electron chi connectivity index (χ1n) is 8.44. The van der Waals surface area contributed by atoms with Crippen molar-refractivity contribution in [2.24, 2.45) is 0 Å². The van der Waals surface area contributed by atoms with Gasteiger partial charge in [-0.1, -0.05) is 18.2 Å². The lowest BCUT2D eigenvalue weighted by Gasteiger charge is -2.19. The second-order valence-corrected chi connectivity index (χ2v) is 7.42. The van der Waals surface area contributed by atoms with Gasteiger partial charge in [0.15, 0.2) is 11.6 Å². The van der Waals surface area contributed by atoms with Crippen LogP contribution in [0.15, 0.2) is 48.5 Å². The van der Waals surface area contributed by atoms with Gasteiger partial charge in [0.05, 0.1) is 16.8 Å². The van der Waals surface area contributed by atoms with E-state index in [1.54, 1.807) is 23.5 Å². The fourth-order valence-corrected chi connectivity index (χ4v) is 4.60. The van der Waals surface area contributed by atoms with Crippen molar-refractivity contribution in [2.45, 2.75) is 18.9 Å². The van der Waals surface area contributed by atoms with Crippen LogP contribution in [0.2, 0.25) is 0 Å². The Morgan fingerprint density at radius 3 is 3.00 bits per heavy atom. The van der Waals surface area contributed by atoms with Gasteiger partial charge in [0.25, 0.3) is 5.91 Å². The van der Waals surface area contributed by atoms with E-state index in [0.29, 0.717) is 12.2 Å². The van der Waals surface area contributed by atoms with Gasteiger partial charge in [-0.15, -0.1) is 11.3 Å². The Labute approximate surface area is 149 Å². The van der Waals surface area contributed by atoms with Crippen molar-refractivity contribution in [1.29, 1.82) is 0 Å². The predicted molar refractivity (Wildman–Crippen MR) is 97.3 cm³/mol. The molecule has 2 N–H and O–H groups in total. The van der Waals surface area contributed by atoms with Crippen LogP contribution in [0.3, 0.4) is 0 Å². The molecule has 2 aromatic carbocycles. The largest absolute Gasteiger partial charge is 0.321 e. The second-order valence-electron chi connectivity index (χ2n) is 6.36. The summed E-state index contributed by atoms with van der Waals surface area (Å²) in [6.45, 7) is 1.33. The van der Waals surface area contributed by atoms with E-state index in [1.807, 2.05) is 18.2 Å². The number of fused-ring (bicyclic) bond motifs is 1. The molecule has 1 unspecified atom stereocenters. The molecule has 0 aliphatic carbocycles. The Morgan fingerprint density at radius 1 is 1.28 bits per heavy atom. The zero-order valence-corrected chi connectivity index (χ0v) is 14.5. The molecule has 4 nitrogen and oxygen atoms in total. The minimum Gasteiger partial charge on any atom is -0.321 e. The molecule has 0 saturated carbocycles. The molecule has 0 radical (unpaired) electrons. The zero-order valence-electron chi connectivity index (χ0n) is 13.7. The number of likely N-dealkylation sites (tertiary alicyclic amines) is 1. The number of thiazole rings is 1. The third-order valence-electron chi connectivity index (χ3n) is 4.59. The van der Waals surface area contributed by atoms with Gasteiger partial charge in [-0.2, -0.15) is 0 Å². The highest BCUT2D eigenvalue weighted by Crippen LogP contribution is 2.28. The highest BCUT2D eigenvalue weighted by molar-refractivity contribution is 7.18. The summed E-state index contributed by atoms with van der Waals surface area (Å²) in [5, 5.41) is 3.90. The molecular formula is C19H19FN3OS+. The van der Waals surface area contributed by atoms with E-state index in [-0.39, 0.29) is 17.8 Å². The summed E-state index contributed by atoms with van der Waals surface area (Å²) in [5.41, 5.74) is 1.53.